The van der Waals surface area contributed by atoms with Gasteiger partial charge in [-0.05, 0) is 65.9 Å². The molecule has 3 aromatic carbocycles. The number of nitrogens with zero attached hydrogens (tertiary/aromatic N) is 1. The van der Waals surface area contributed by atoms with Gasteiger partial charge >= 0.3 is 5.97 Å². The highest BCUT2D eigenvalue weighted by Crippen LogP contribution is 2.37. The van der Waals surface area contributed by atoms with Crippen molar-refractivity contribution in [3.63, 3.8) is 0 Å². The maximum atomic E-state index is 11.9. The fraction of sp³-hybridized carbons (Fsp3) is 0.226. The molecule has 0 saturated carbocycles. The van der Waals surface area contributed by atoms with E-state index in [9.17, 15) is 9.90 Å². The third-order valence-corrected chi connectivity index (χ3v) is 6.97. The summed E-state index contributed by atoms with van der Waals surface area (Å²) in [5.41, 5.74) is 5.71. The molecular weight excluding hydrogens is 486 g/mol. The van der Waals surface area contributed by atoms with Crippen LogP contribution in [-0.4, -0.2) is 29.3 Å². The van der Waals surface area contributed by atoms with Gasteiger partial charge in [0.05, 0.1) is 30.0 Å². The number of hydrogen-bond acceptors (Lipinski definition) is 4. The molecule has 37 heavy (non-hydrogen) atoms. The molecule has 4 aromatic rings. The average molecular weight is 514 g/mol. The number of aromatic carboxylic acids is 1. The van der Waals surface area contributed by atoms with E-state index in [2.05, 4.69) is 6.07 Å². The molecule has 0 spiro atoms. The lowest BCUT2D eigenvalue weighted by Crippen LogP contribution is -2.28. The van der Waals surface area contributed by atoms with Gasteiger partial charge in [-0.25, -0.2) is 9.78 Å². The van der Waals surface area contributed by atoms with Crippen LogP contribution in [0, 0.1) is 0 Å². The van der Waals surface area contributed by atoms with Crippen LogP contribution >= 0.6 is 11.6 Å². The van der Waals surface area contributed by atoms with Gasteiger partial charge in [0.1, 0.15) is 0 Å². The molecule has 1 fully saturated rings. The van der Waals surface area contributed by atoms with E-state index in [1.807, 2.05) is 79.7 Å². The fourth-order valence-corrected chi connectivity index (χ4v) is 4.90. The number of carbonyl (C=O) groups is 1. The first-order valence-corrected chi connectivity index (χ1v) is 12.8. The van der Waals surface area contributed by atoms with Gasteiger partial charge in [-0.3, -0.25) is 0 Å². The van der Waals surface area contributed by atoms with Crippen molar-refractivity contribution in [2.45, 2.75) is 32.0 Å². The van der Waals surface area contributed by atoms with E-state index in [0.29, 0.717) is 36.6 Å². The Balaban J connectivity index is 1.38. The van der Waals surface area contributed by atoms with Crippen LogP contribution in [-0.2, 0) is 28.1 Å². The molecule has 5 nitrogen and oxygen atoms in total. The second-order valence-electron chi connectivity index (χ2n) is 9.13. The summed E-state index contributed by atoms with van der Waals surface area (Å²) < 4.78 is 12.3. The Hall–Kier alpha value is -3.51. The number of benzene rings is 3. The van der Waals surface area contributed by atoms with Crippen LogP contribution in [0.5, 0.6) is 0 Å². The van der Waals surface area contributed by atoms with Crippen LogP contribution in [0.4, 0.5) is 0 Å². The number of fused-ring (bicyclic) bond motifs is 1. The number of carboxylic acid groups (broad SMARTS) is 1. The Kier molecular flexibility index (Phi) is 7.38. The summed E-state index contributed by atoms with van der Waals surface area (Å²) >= 11 is 6.13. The monoisotopic (exact) mass is 513 g/mol. The number of carboxylic acids is 1. The summed E-state index contributed by atoms with van der Waals surface area (Å²) in [5.74, 6) is -1.83. The Morgan fingerprint density at radius 3 is 2.62 bits per heavy atom. The molecule has 0 aliphatic carbocycles. The molecule has 2 heterocycles. The Morgan fingerprint density at radius 2 is 1.84 bits per heavy atom. The molecule has 0 bridgehead atoms. The van der Waals surface area contributed by atoms with Crippen LogP contribution in [0.15, 0.2) is 72.8 Å². The molecule has 1 saturated heterocycles. The number of rotatable bonds is 8. The van der Waals surface area contributed by atoms with Gasteiger partial charge in [-0.15, -0.1) is 0 Å². The van der Waals surface area contributed by atoms with Crippen molar-refractivity contribution in [1.29, 1.82) is 0 Å². The second-order valence-corrected chi connectivity index (χ2v) is 9.57. The summed E-state index contributed by atoms with van der Waals surface area (Å²) in [6.07, 6.45) is 5.81. The predicted octanol–water partition coefficient (Wildman–Crippen LogP) is 7.15. The van der Waals surface area contributed by atoms with E-state index in [-0.39, 0.29) is 0 Å². The molecule has 1 aromatic heterocycles. The maximum absolute atomic E-state index is 11.9. The highest BCUT2D eigenvalue weighted by atomic mass is 35.5. The van der Waals surface area contributed by atoms with E-state index in [1.165, 1.54) is 0 Å². The third kappa shape index (κ3) is 5.59. The molecule has 188 valence electrons. The molecule has 1 N–H and O–H groups in total. The molecule has 0 radical (unpaired) electrons. The van der Waals surface area contributed by atoms with Gasteiger partial charge in [0.15, 0.2) is 5.79 Å². The third-order valence-electron chi connectivity index (χ3n) is 6.74. The van der Waals surface area contributed by atoms with Crippen LogP contribution in [0.1, 0.15) is 51.7 Å². The van der Waals surface area contributed by atoms with E-state index in [0.717, 1.165) is 45.3 Å². The van der Waals surface area contributed by atoms with E-state index >= 15 is 0 Å². The quantitative estimate of drug-likeness (QED) is 0.271. The minimum Gasteiger partial charge on any atom is -0.478 e. The van der Waals surface area contributed by atoms with Crippen LogP contribution in [0.2, 0.25) is 5.02 Å². The van der Waals surface area contributed by atoms with Crippen molar-refractivity contribution in [2.75, 3.05) is 13.2 Å². The first kappa shape index (κ1) is 25.2. The lowest BCUT2D eigenvalue weighted by molar-refractivity contribution is -0.170. The lowest BCUT2D eigenvalue weighted by Gasteiger charge is -2.28. The lowest BCUT2D eigenvalue weighted by atomic mass is 9.93. The smallest absolute Gasteiger partial charge is 0.335 e. The van der Waals surface area contributed by atoms with Crippen molar-refractivity contribution in [3.8, 4) is 0 Å². The number of aryl methyl sites for hydroxylation is 2. The van der Waals surface area contributed by atoms with Gasteiger partial charge in [0.2, 0.25) is 0 Å². The largest absolute Gasteiger partial charge is 0.478 e. The summed E-state index contributed by atoms with van der Waals surface area (Å²) in [6, 6.07) is 23.4. The van der Waals surface area contributed by atoms with Gasteiger partial charge < -0.3 is 14.6 Å². The van der Waals surface area contributed by atoms with Crippen LogP contribution in [0.3, 0.4) is 0 Å². The van der Waals surface area contributed by atoms with Crippen LogP contribution < -0.4 is 0 Å². The van der Waals surface area contributed by atoms with Crippen molar-refractivity contribution in [1.82, 2.24) is 4.98 Å². The van der Waals surface area contributed by atoms with Gasteiger partial charge in [-0.1, -0.05) is 67.1 Å². The van der Waals surface area contributed by atoms with Crippen molar-refractivity contribution >= 4 is 40.6 Å². The zero-order valence-electron chi connectivity index (χ0n) is 20.6. The highest BCUT2D eigenvalue weighted by molar-refractivity contribution is 6.31. The molecule has 5 rings (SSSR count). The predicted molar refractivity (Wildman–Crippen MR) is 147 cm³/mol. The topological polar surface area (TPSA) is 68.7 Å². The van der Waals surface area contributed by atoms with E-state index < -0.39 is 11.8 Å². The van der Waals surface area contributed by atoms with Gasteiger partial charge in [-0.2, -0.15) is 0 Å². The Morgan fingerprint density at radius 1 is 1.03 bits per heavy atom. The van der Waals surface area contributed by atoms with Crippen molar-refractivity contribution in [2.24, 2.45) is 0 Å². The van der Waals surface area contributed by atoms with E-state index in [1.54, 1.807) is 6.07 Å². The molecule has 0 unspecified atom stereocenters. The Labute approximate surface area is 221 Å². The first-order valence-electron chi connectivity index (χ1n) is 12.4. The van der Waals surface area contributed by atoms with Crippen molar-refractivity contribution in [3.05, 3.63) is 111 Å². The minimum atomic E-state index is -0.916. The summed E-state index contributed by atoms with van der Waals surface area (Å²) in [7, 11) is 0. The number of ether oxygens (including phenoxy) is 2. The zero-order chi connectivity index (χ0) is 25.8. The summed E-state index contributed by atoms with van der Waals surface area (Å²) in [5, 5.41) is 11.4. The fourth-order valence-electron chi connectivity index (χ4n) is 4.73. The molecule has 1 aliphatic heterocycles. The number of aromatic nitrogens is 1. The van der Waals surface area contributed by atoms with Crippen LogP contribution in [0.25, 0.3) is 23.1 Å². The summed E-state index contributed by atoms with van der Waals surface area (Å²) in [6.45, 7) is 3.00. The minimum absolute atomic E-state index is 0.341. The molecule has 6 heteroatoms. The highest BCUT2D eigenvalue weighted by Gasteiger charge is 2.38. The van der Waals surface area contributed by atoms with E-state index in [4.69, 9.17) is 26.1 Å². The number of hydrogen-bond donors (Lipinski definition) is 1. The van der Waals surface area contributed by atoms with Gasteiger partial charge in [0.25, 0.3) is 0 Å². The first-order chi connectivity index (χ1) is 18.0. The zero-order valence-corrected chi connectivity index (χ0v) is 21.4. The van der Waals surface area contributed by atoms with Crippen molar-refractivity contribution < 1.29 is 19.4 Å². The molecule has 0 atom stereocenters. The number of halogens is 1. The van der Waals surface area contributed by atoms with Gasteiger partial charge in [0, 0.05) is 22.4 Å². The maximum Gasteiger partial charge on any atom is 0.335 e. The molecule has 1 aliphatic rings. The average Bonchev–Trinajstić information content (AvgIpc) is 3.41. The second kappa shape index (κ2) is 10.9. The standard InChI is InChI=1S/C31H28ClNO4/c1-2-21-6-8-23(28(19-21)30(34)35)14-15-31(36-16-17-37-31)25-5-3-4-22(18-25)7-12-27-13-10-24-9-11-26(32)20-29(24)33-27/h3-13,18-20H,2,14-17H2,1H3,(H,34,35)/b12-7+. The molecular formula is C31H28ClNO4. The molecule has 0 amide bonds. The summed E-state index contributed by atoms with van der Waals surface area (Å²) in [4.78, 5) is 16.6. The SMILES string of the molecule is CCc1ccc(CCC2(c3cccc(/C=C/c4ccc5ccc(Cl)cc5n4)c3)OCCO2)c(C(=O)O)c1. The number of pyridine rings is 1. The Bertz CT molecular complexity index is 1470. The normalized spacial score (nSPS) is 15.0.